The number of allylic oxidation sites excluding steroid dienone is 2. The van der Waals surface area contributed by atoms with Crippen LogP contribution in [0.4, 0.5) is 0 Å². The summed E-state index contributed by atoms with van der Waals surface area (Å²) < 4.78 is 0.718. The molecule has 0 aromatic carbocycles. The number of hydrogen-bond donors (Lipinski definition) is 1. The van der Waals surface area contributed by atoms with E-state index in [2.05, 4.69) is 26.0 Å². The first kappa shape index (κ1) is 27.4. The molecule has 0 saturated heterocycles. The molecule has 1 rings (SSSR count). The minimum atomic E-state index is -0.316. The Kier molecular flexibility index (Phi) is 16.4. The van der Waals surface area contributed by atoms with Crippen molar-refractivity contribution in [3.63, 3.8) is 0 Å². The van der Waals surface area contributed by atoms with Crippen LogP contribution in [0.3, 0.4) is 0 Å². The zero-order chi connectivity index (χ0) is 21.9. The zero-order valence-corrected chi connectivity index (χ0v) is 20.7. The van der Waals surface area contributed by atoms with Crippen LogP contribution in [0.5, 0.6) is 0 Å². The van der Waals surface area contributed by atoms with Crippen LogP contribution >= 0.6 is 0 Å². The van der Waals surface area contributed by atoms with E-state index < -0.39 is 0 Å². The van der Waals surface area contributed by atoms with E-state index in [4.69, 9.17) is 4.99 Å². The quantitative estimate of drug-likeness (QED) is 0.121. The standard InChI is InChI=1S/C27H53N2O/c1-4-6-7-8-9-10-11-12-13-14-15-16-17-18-19-20-21-22-23-27-28-24-25-29(27,5-2)26(3)30/h8-9,26,30H,4-7,10-25H2,1-3H3/q+1/b9-8+. The molecule has 1 heterocycles. The Hall–Kier alpha value is -0.670. The fourth-order valence-electron chi connectivity index (χ4n) is 4.81. The van der Waals surface area contributed by atoms with Gasteiger partial charge in [-0.3, -0.25) is 4.48 Å². The maximum absolute atomic E-state index is 10.2. The van der Waals surface area contributed by atoms with Gasteiger partial charge in [-0.1, -0.05) is 96.1 Å². The zero-order valence-electron chi connectivity index (χ0n) is 20.7. The second-order valence-electron chi connectivity index (χ2n) is 9.40. The van der Waals surface area contributed by atoms with E-state index >= 15 is 0 Å². The molecule has 2 atom stereocenters. The third-order valence-corrected chi connectivity index (χ3v) is 7.00. The molecule has 1 N–H and O–H groups in total. The Labute approximate surface area is 188 Å². The van der Waals surface area contributed by atoms with Crippen molar-refractivity contribution in [3.05, 3.63) is 12.2 Å². The highest BCUT2D eigenvalue weighted by Gasteiger charge is 2.40. The van der Waals surface area contributed by atoms with Gasteiger partial charge in [0.2, 0.25) is 5.84 Å². The summed E-state index contributed by atoms with van der Waals surface area (Å²) in [5.74, 6) is 1.25. The van der Waals surface area contributed by atoms with E-state index in [1.807, 2.05) is 6.92 Å². The number of likely N-dealkylation sites (N-methyl/N-ethyl adjacent to an activating group) is 1. The summed E-state index contributed by atoms with van der Waals surface area (Å²) in [7, 11) is 0. The highest BCUT2D eigenvalue weighted by Crippen LogP contribution is 2.23. The first-order valence-corrected chi connectivity index (χ1v) is 13.4. The molecular weight excluding hydrogens is 368 g/mol. The summed E-state index contributed by atoms with van der Waals surface area (Å²) in [5, 5.41) is 10.2. The second-order valence-corrected chi connectivity index (χ2v) is 9.40. The maximum Gasteiger partial charge on any atom is 0.200 e. The minimum Gasteiger partial charge on any atom is -0.345 e. The van der Waals surface area contributed by atoms with Gasteiger partial charge in [0.25, 0.3) is 0 Å². The normalized spacial score (nSPS) is 20.2. The molecule has 30 heavy (non-hydrogen) atoms. The average molecular weight is 422 g/mol. The number of rotatable bonds is 20. The van der Waals surface area contributed by atoms with Gasteiger partial charge in [0.15, 0.2) is 6.23 Å². The molecule has 0 fully saturated rings. The van der Waals surface area contributed by atoms with Crippen molar-refractivity contribution in [3.8, 4) is 0 Å². The molecule has 0 radical (unpaired) electrons. The van der Waals surface area contributed by atoms with Gasteiger partial charge in [-0.2, -0.15) is 0 Å². The van der Waals surface area contributed by atoms with E-state index in [0.29, 0.717) is 0 Å². The van der Waals surface area contributed by atoms with E-state index in [9.17, 15) is 5.11 Å². The summed E-state index contributed by atoms with van der Waals surface area (Å²) in [6.07, 6.45) is 27.4. The molecule has 0 aliphatic carbocycles. The Morgan fingerprint density at radius 1 is 0.800 bits per heavy atom. The lowest BCUT2D eigenvalue weighted by molar-refractivity contribution is -0.882. The molecule has 0 amide bonds. The smallest absolute Gasteiger partial charge is 0.200 e. The average Bonchev–Trinajstić information content (AvgIpc) is 3.17. The van der Waals surface area contributed by atoms with Gasteiger partial charge in [0.05, 0.1) is 13.1 Å². The van der Waals surface area contributed by atoms with Gasteiger partial charge in [-0.25, -0.2) is 4.99 Å². The molecule has 0 saturated carbocycles. The van der Waals surface area contributed by atoms with E-state index in [-0.39, 0.29) is 6.23 Å². The molecule has 1 aliphatic rings. The van der Waals surface area contributed by atoms with Gasteiger partial charge in [0, 0.05) is 13.3 Å². The van der Waals surface area contributed by atoms with Crippen LogP contribution in [0.15, 0.2) is 17.1 Å². The fourth-order valence-corrected chi connectivity index (χ4v) is 4.81. The first-order chi connectivity index (χ1) is 14.7. The van der Waals surface area contributed by atoms with Crippen LogP contribution < -0.4 is 0 Å². The van der Waals surface area contributed by atoms with Gasteiger partial charge >= 0.3 is 0 Å². The SMILES string of the molecule is CCCC/C=C/CCCCCCCCCCCCCCC1=NCC[N+]1(CC)C(C)O. The molecule has 2 unspecified atom stereocenters. The van der Waals surface area contributed by atoms with Crippen molar-refractivity contribution in [2.75, 3.05) is 19.6 Å². The topological polar surface area (TPSA) is 32.6 Å². The molecule has 0 aromatic heterocycles. The van der Waals surface area contributed by atoms with Crippen molar-refractivity contribution in [1.29, 1.82) is 0 Å². The van der Waals surface area contributed by atoms with Crippen molar-refractivity contribution in [2.45, 2.75) is 136 Å². The Bertz CT molecular complexity index is 458. The molecule has 0 aromatic rings. The number of hydrogen-bond acceptors (Lipinski definition) is 2. The predicted molar refractivity (Wildman–Crippen MR) is 133 cm³/mol. The summed E-state index contributed by atoms with van der Waals surface area (Å²) in [6, 6.07) is 0. The number of aliphatic hydroxyl groups is 1. The van der Waals surface area contributed by atoms with Gasteiger partial charge < -0.3 is 5.11 Å². The van der Waals surface area contributed by atoms with Gasteiger partial charge in [-0.05, 0) is 32.6 Å². The number of nitrogens with zero attached hydrogens (tertiary/aromatic N) is 2. The number of amidine groups is 1. The van der Waals surface area contributed by atoms with Crippen LogP contribution in [0.1, 0.15) is 130 Å². The van der Waals surface area contributed by atoms with Crippen LogP contribution in [-0.4, -0.2) is 41.3 Å². The molecule has 1 aliphatic heterocycles. The number of aliphatic hydroxyl groups excluding tert-OH is 1. The minimum absolute atomic E-state index is 0.316. The number of aliphatic imine (C=N–C) groups is 1. The van der Waals surface area contributed by atoms with Crippen LogP contribution in [0.2, 0.25) is 0 Å². The molecule has 0 bridgehead atoms. The van der Waals surface area contributed by atoms with Crippen molar-refractivity contribution in [2.24, 2.45) is 4.99 Å². The molecular formula is C27H53N2O+. The summed E-state index contributed by atoms with van der Waals surface area (Å²) in [6.45, 7) is 9.21. The third-order valence-electron chi connectivity index (χ3n) is 7.00. The van der Waals surface area contributed by atoms with E-state index in [1.54, 1.807) is 0 Å². The first-order valence-electron chi connectivity index (χ1n) is 13.4. The molecule has 176 valence electrons. The van der Waals surface area contributed by atoms with Crippen LogP contribution in [0, 0.1) is 0 Å². The van der Waals surface area contributed by atoms with Crippen LogP contribution in [-0.2, 0) is 0 Å². The summed E-state index contributed by atoms with van der Waals surface area (Å²) >= 11 is 0. The predicted octanol–water partition coefficient (Wildman–Crippen LogP) is 7.78. The Morgan fingerprint density at radius 3 is 1.80 bits per heavy atom. The van der Waals surface area contributed by atoms with Gasteiger partial charge in [-0.15, -0.1) is 0 Å². The summed E-state index contributed by atoms with van der Waals surface area (Å²) in [5.41, 5.74) is 0. The highest BCUT2D eigenvalue weighted by atomic mass is 16.3. The maximum atomic E-state index is 10.2. The van der Waals surface area contributed by atoms with Crippen molar-refractivity contribution in [1.82, 2.24) is 0 Å². The largest absolute Gasteiger partial charge is 0.345 e. The molecule has 3 nitrogen and oxygen atoms in total. The monoisotopic (exact) mass is 421 g/mol. The third kappa shape index (κ3) is 11.1. The lowest BCUT2D eigenvalue weighted by Crippen LogP contribution is -2.56. The lowest BCUT2D eigenvalue weighted by Gasteiger charge is -2.36. The lowest BCUT2D eigenvalue weighted by atomic mass is 10.0. The van der Waals surface area contributed by atoms with E-state index in [0.717, 1.165) is 30.5 Å². The molecule has 0 spiro atoms. The molecule has 3 heteroatoms. The van der Waals surface area contributed by atoms with Gasteiger partial charge in [0.1, 0.15) is 6.54 Å². The van der Waals surface area contributed by atoms with Crippen LogP contribution in [0.25, 0.3) is 0 Å². The Morgan fingerprint density at radius 2 is 1.30 bits per heavy atom. The summed E-state index contributed by atoms with van der Waals surface area (Å²) in [4.78, 5) is 4.72. The second kappa shape index (κ2) is 18.0. The highest BCUT2D eigenvalue weighted by molar-refractivity contribution is 5.76. The Balaban J connectivity index is 1.86. The fraction of sp³-hybridized carbons (Fsp3) is 0.889. The number of quaternary nitrogens is 1. The number of unbranched alkanes of at least 4 members (excludes halogenated alkanes) is 14. The van der Waals surface area contributed by atoms with E-state index in [1.165, 1.54) is 109 Å². The van der Waals surface area contributed by atoms with Crippen molar-refractivity contribution < 1.29 is 9.59 Å². The van der Waals surface area contributed by atoms with Crippen molar-refractivity contribution >= 4 is 5.84 Å².